The molecule has 2 saturated heterocycles. The fourth-order valence-corrected chi connectivity index (χ4v) is 4.49. The van der Waals surface area contributed by atoms with Crippen molar-refractivity contribution >= 4 is 17.3 Å². The van der Waals surface area contributed by atoms with E-state index in [0.29, 0.717) is 23.8 Å². The lowest BCUT2D eigenvalue weighted by Crippen LogP contribution is -2.58. The van der Waals surface area contributed by atoms with Crippen LogP contribution >= 0.6 is 0 Å². The Balaban J connectivity index is 1.64. The van der Waals surface area contributed by atoms with Gasteiger partial charge in [0.05, 0.1) is 11.2 Å². The number of hydrogen-bond acceptors (Lipinski definition) is 5. The van der Waals surface area contributed by atoms with Crippen molar-refractivity contribution in [1.29, 1.82) is 0 Å². The lowest BCUT2D eigenvalue weighted by atomic mass is 9.89. The number of hydroxylamine groups is 2. The summed E-state index contributed by atoms with van der Waals surface area (Å²) < 4.78 is -0.0577. The van der Waals surface area contributed by atoms with Gasteiger partial charge in [0.1, 0.15) is 5.69 Å². The molecule has 1 amide bonds. The molecule has 2 unspecified atom stereocenters. The lowest BCUT2D eigenvalue weighted by Gasteiger charge is -2.43. The van der Waals surface area contributed by atoms with Crippen molar-refractivity contribution in [3.05, 3.63) is 33.9 Å². The highest BCUT2D eigenvalue weighted by Gasteiger charge is 2.48. The van der Waals surface area contributed by atoms with E-state index in [2.05, 4.69) is 17.4 Å². The van der Waals surface area contributed by atoms with Crippen LogP contribution in [0.2, 0.25) is 0 Å². The van der Waals surface area contributed by atoms with E-state index in [9.17, 15) is 14.9 Å². The molecule has 3 aliphatic heterocycles. The number of nitrogens with zero attached hydrogens (tertiary/aromatic N) is 3. The van der Waals surface area contributed by atoms with E-state index >= 15 is 0 Å². The van der Waals surface area contributed by atoms with Gasteiger partial charge in [0, 0.05) is 24.4 Å². The Morgan fingerprint density at radius 1 is 1.28 bits per heavy atom. The molecule has 2 atom stereocenters. The SMILES string of the molecule is CN1C[N+]([O-])(C2CCC(=O)[N+](=O)C2)c2ccc(C3CCNCC3)cc21. The molecule has 0 aromatic heterocycles. The number of quaternary nitrogens is 1. The number of carbonyl (C=O) groups excluding carboxylic acids is 1. The second-order valence-corrected chi connectivity index (χ2v) is 7.55. The Labute approximate surface area is 147 Å². The molecular weight excluding hydrogens is 320 g/mol. The van der Waals surface area contributed by atoms with Crippen LogP contribution in [-0.2, 0) is 4.79 Å². The second kappa shape index (κ2) is 6.16. The van der Waals surface area contributed by atoms with Crippen LogP contribution in [-0.4, -0.2) is 50.1 Å². The minimum Gasteiger partial charge on any atom is -0.626 e. The number of anilines is 1. The molecule has 134 valence electrons. The Kier molecular flexibility index (Phi) is 4.10. The first-order valence-corrected chi connectivity index (χ1v) is 9.11. The number of rotatable bonds is 2. The Morgan fingerprint density at radius 3 is 2.76 bits per heavy atom. The number of fused-ring (bicyclic) bond motifs is 1. The molecule has 25 heavy (non-hydrogen) atoms. The summed E-state index contributed by atoms with van der Waals surface area (Å²) in [7, 11) is 1.94. The van der Waals surface area contributed by atoms with Gasteiger partial charge in [-0.3, -0.25) is 0 Å². The summed E-state index contributed by atoms with van der Waals surface area (Å²) in [6.07, 6.45) is 2.89. The highest BCUT2D eigenvalue weighted by atomic mass is 16.6. The zero-order chi connectivity index (χ0) is 17.6. The third-order valence-electron chi connectivity index (χ3n) is 5.99. The maximum atomic E-state index is 13.6. The molecule has 0 saturated carbocycles. The molecule has 3 aliphatic rings. The summed E-state index contributed by atoms with van der Waals surface area (Å²) >= 11 is 0. The van der Waals surface area contributed by atoms with Crippen molar-refractivity contribution < 1.29 is 9.55 Å². The summed E-state index contributed by atoms with van der Waals surface area (Å²) in [5, 5.41) is 17.0. The number of amides is 1. The van der Waals surface area contributed by atoms with Gasteiger partial charge in [-0.05, 0) is 43.5 Å². The molecular formula is C18H25N4O3+. The normalized spacial score (nSPS) is 30.6. The van der Waals surface area contributed by atoms with Crippen molar-refractivity contribution in [2.45, 2.75) is 37.6 Å². The largest absolute Gasteiger partial charge is 0.626 e. The van der Waals surface area contributed by atoms with Gasteiger partial charge in [0.25, 0.3) is 6.54 Å². The minimum absolute atomic E-state index is 0.00827. The van der Waals surface area contributed by atoms with Gasteiger partial charge in [0.2, 0.25) is 0 Å². The summed E-state index contributed by atoms with van der Waals surface area (Å²) in [4.78, 5) is 25.2. The number of benzene rings is 1. The zero-order valence-corrected chi connectivity index (χ0v) is 14.6. The van der Waals surface area contributed by atoms with Crippen LogP contribution in [0.3, 0.4) is 0 Å². The molecule has 0 bridgehead atoms. The average molecular weight is 345 g/mol. The van der Waals surface area contributed by atoms with Gasteiger partial charge in [-0.25, -0.2) is 4.79 Å². The first kappa shape index (κ1) is 16.6. The molecule has 7 nitrogen and oxygen atoms in total. The first-order valence-electron chi connectivity index (χ1n) is 9.11. The van der Waals surface area contributed by atoms with Crippen molar-refractivity contribution in [3.8, 4) is 0 Å². The van der Waals surface area contributed by atoms with E-state index in [0.717, 1.165) is 37.3 Å². The second-order valence-electron chi connectivity index (χ2n) is 7.55. The minimum atomic E-state index is -0.523. The molecule has 2 fully saturated rings. The number of hydrogen-bond donors (Lipinski definition) is 1. The topological polar surface area (TPSA) is 75.5 Å². The molecule has 7 heteroatoms. The molecule has 3 heterocycles. The molecule has 4 rings (SSSR count). The average Bonchev–Trinajstić information content (AvgIpc) is 2.89. The van der Waals surface area contributed by atoms with Crippen LogP contribution < -0.4 is 14.9 Å². The number of piperidine rings is 2. The van der Waals surface area contributed by atoms with Gasteiger partial charge >= 0.3 is 5.91 Å². The van der Waals surface area contributed by atoms with Crippen LogP contribution in [0.25, 0.3) is 0 Å². The third-order valence-corrected chi connectivity index (χ3v) is 5.99. The Morgan fingerprint density at radius 2 is 2.04 bits per heavy atom. The van der Waals surface area contributed by atoms with Crippen LogP contribution in [0, 0.1) is 10.1 Å². The number of nitroso groups, excluding NO2 is 1. The van der Waals surface area contributed by atoms with Gasteiger partial charge in [-0.1, -0.05) is 6.07 Å². The monoisotopic (exact) mass is 345 g/mol. The van der Waals surface area contributed by atoms with E-state index in [-0.39, 0.29) is 19.0 Å². The standard InChI is InChI=1S/C18H25N4O3/c1-20-12-22(25,15-3-5-18(23)21(24)11-15)17-4-2-14(10-16(17)20)13-6-8-19-9-7-13/h2,4,10,13,15,19H,3,5-9,11-12H2,1H3/q+1. The summed E-state index contributed by atoms with van der Waals surface area (Å²) in [6, 6.07) is 5.81. The van der Waals surface area contributed by atoms with Gasteiger partial charge in [-0.15, -0.1) is 0 Å². The van der Waals surface area contributed by atoms with Crippen LogP contribution in [0.1, 0.15) is 37.2 Å². The van der Waals surface area contributed by atoms with Crippen LogP contribution in [0.15, 0.2) is 18.2 Å². The Hall–Kier alpha value is -1.83. The summed E-state index contributed by atoms with van der Waals surface area (Å²) in [5.74, 6) is 0.135. The summed E-state index contributed by atoms with van der Waals surface area (Å²) in [5.41, 5.74) is 3.00. The first-order chi connectivity index (χ1) is 12.0. The summed E-state index contributed by atoms with van der Waals surface area (Å²) in [6.45, 7) is 2.37. The number of nitrogens with one attached hydrogen (secondary N) is 1. The van der Waals surface area contributed by atoms with Crippen LogP contribution in [0.4, 0.5) is 11.4 Å². The van der Waals surface area contributed by atoms with E-state index in [4.69, 9.17) is 0 Å². The van der Waals surface area contributed by atoms with Gasteiger partial charge < -0.3 is 20.1 Å². The van der Waals surface area contributed by atoms with Crippen molar-refractivity contribution in [2.75, 3.05) is 38.3 Å². The molecule has 0 radical (unpaired) electrons. The third kappa shape index (κ3) is 2.76. The number of carbonyl (C=O) groups is 1. The maximum Gasteiger partial charge on any atom is 0.433 e. The fourth-order valence-electron chi connectivity index (χ4n) is 4.49. The predicted molar refractivity (Wildman–Crippen MR) is 96.2 cm³/mol. The van der Waals surface area contributed by atoms with Gasteiger partial charge in [-0.2, -0.15) is 0 Å². The molecule has 1 aromatic carbocycles. The van der Waals surface area contributed by atoms with E-state index in [1.54, 1.807) is 0 Å². The van der Waals surface area contributed by atoms with Crippen molar-refractivity contribution in [2.24, 2.45) is 0 Å². The highest BCUT2D eigenvalue weighted by Crippen LogP contribution is 2.45. The van der Waals surface area contributed by atoms with Crippen LogP contribution in [0.5, 0.6) is 0 Å². The quantitative estimate of drug-likeness (QED) is 0.503. The molecule has 1 N–H and O–H groups in total. The van der Waals surface area contributed by atoms with E-state index < -0.39 is 10.6 Å². The predicted octanol–water partition coefficient (Wildman–Crippen LogP) is 1.83. The lowest BCUT2D eigenvalue weighted by molar-refractivity contribution is -0.482. The molecule has 1 aromatic rings. The van der Waals surface area contributed by atoms with Crippen molar-refractivity contribution in [1.82, 2.24) is 9.96 Å². The van der Waals surface area contributed by atoms with Crippen molar-refractivity contribution in [3.63, 3.8) is 0 Å². The van der Waals surface area contributed by atoms with Gasteiger partial charge in [0.15, 0.2) is 18.4 Å². The van der Waals surface area contributed by atoms with E-state index in [1.807, 2.05) is 18.0 Å². The van der Waals surface area contributed by atoms with E-state index in [1.165, 1.54) is 5.56 Å². The molecule has 0 aliphatic carbocycles. The maximum absolute atomic E-state index is 13.6. The molecule has 0 spiro atoms. The smallest absolute Gasteiger partial charge is 0.433 e. The fraction of sp³-hybridized carbons (Fsp3) is 0.611. The Bertz CT molecular complexity index is 716. The zero-order valence-electron chi connectivity index (χ0n) is 14.6. The highest BCUT2D eigenvalue weighted by molar-refractivity contribution is 5.76.